The molecule has 1 unspecified atom stereocenters. The first-order valence-electron chi connectivity index (χ1n) is 10.1. The third kappa shape index (κ3) is 2.62. The Kier molecular flexibility index (Phi) is 4.02. The lowest BCUT2D eigenvalue weighted by Crippen LogP contribution is -2.58. The van der Waals surface area contributed by atoms with Gasteiger partial charge in [-0.1, -0.05) is 27.2 Å². The molecule has 0 saturated heterocycles. The summed E-state index contributed by atoms with van der Waals surface area (Å²) in [5.41, 5.74) is 0.103. The maximum Gasteiger partial charge on any atom is 0.333 e. The molecule has 0 amide bonds. The predicted octanol–water partition coefficient (Wildman–Crippen LogP) is 3.58. The molecule has 2 bridgehead atoms. The number of fused-ring (bicyclic) bond motifs is 3. The minimum Gasteiger partial charge on any atom is -0.299 e. The smallest absolute Gasteiger partial charge is 0.299 e. The van der Waals surface area contributed by atoms with E-state index in [9.17, 15) is 13.2 Å². The summed E-state index contributed by atoms with van der Waals surface area (Å²) in [4.78, 5) is 12.7. The molecule has 1 spiro atoms. The number of Topliss-reactive ketones (excluding diaryl/α,β-unsaturated/α-hetero) is 1. The van der Waals surface area contributed by atoms with Crippen molar-refractivity contribution in [3.8, 4) is 0 Å². The van der Waals surface area contributed by atoms with E-state index in [0.29, 0.717) is 17.6 Å². The molecule has 4 saturated carbocycles. The second-order valence-electron chi connectivity index (χ2n) is 10.7. The summed E-state index contributed by atoms with van der Waals surface area (Å²) >= 11 is 0. The molecule has 4 fully saturated rings. The average molecular weight is 384 g/mol. The Bertz CT molecular complexity index is 736. The molecular weight excluding hydrogens is 350 g/mol. The molecular formula is C20H33NO4S. The largest absolute Gasteiger partial charge is 0.333 e. The van der Waals surface area contributed by atoms with Gasteiger partial charge in [0, 0.05) is 11.8 Å². The first-order chi connectivity index (χ1) is 11.9. The molecule has 0 aromatic rings. The molecule has 26 heavy (non-hydrogen) atoms. The van der Waals surface area contributed by atoms with Crippen LogP contribution in [0.5, 0.6) is 0 Å². The van der Waals surface area contributed by atoms with Crippen LogP contribution in [0.2, 0.25) is 0 Å². The zero-order valence-corrected chi connectivity index (χ0v) is 17.2. The SMILES string of the molecule is CC1(COS(N)(=O)=O)CCC[C@@]2(C)[C@H]1CC[C@@]13CC(=O)[C@](C)(CC[C@@H]12)C3. The van der Waals surface area contributed by atoms with Crippen LogP contribution in [0.25, 0.3) is 0 Å². The highest BCUT2D eigenvalue weighted by molar-refractivity contribution is 7.84. The Balaban J connectivity index is 1.65. The van der Waals surface area contributed by atoms with Gasteiger partial charge >= 0.3 is 10.3 Å². The Morgan fingerprint density at radius 3 is 2.46 bits per heavy atom. The van der Waals surface area contributed by atoms with Crippen LogP contribution in [-0.2, 0) is 19.3 Å². The maximum atomic E-state index is 12.7. The normalized spacial score (nSPS) is 51.0. The Hall–Kier alpha value is -0.460. The second kappa shape index (κ2) is 5.54. The number of hydrogen-bond acceptors (Lipinski definition) is 4. The van der Waals surface area contributed by atoms with Crippen LogP contribution in [0, 0.1) is 33.5 Å². The lowest BCUT2D eigenvalue weighted by atomic mass is 9.40. The van der Waals surface area contributed by atoms with Crippen LogP contribution >= 0.6 is 0 Å². The van der Waals surface area contributed by atoms with Crippen molar-refractivity contribution in [2.45, 2.75) is 78.6 Å². The number of nitrogens with two attached hydrogens (primary N) is 1. The van der Waals surface area contributed by atoms with E-state index in [1.165, 1.54) is 6.42 Å². The van der Waals surface area contributed by atoms with Gasteiger partial charge in [0.05, 0.1) is 6.61 Å². The highest BCUT2D eigenvalue weighted by atomic mass is 32.2. The van der Waals surface area contributed by atoms with Crippen molar-refractivity contribution in [3.63, 3.8) is 0 Å². The van der Waals surface area contributed by atoms with Crippen molar-refractivity contribution in [3.05, 3.63) is 0 Å². The molecule has 4 rings (SSSR count). The Morgan fingerprint density at radius 2 is 1.77 bits per heavy atom. The lowest BCUT2D eigenvalue weighted by molar-refractivity contribution is -0.161. The summed E-state index contributed by atoms with van der Waals surface area (Å²) in [5, 5.41) is 5.11. The number of ketones is 1. The van der Waals surface area contributed by atoms with Gasteiger partial charge in [0.25, 0.3) is 0 Å². The van der Waals surface area contributed by atoms with Crippen LogP contribution in [0.3, 0.4) is 0 Å². The van der Waals surface area contributed by atoms with Gasteiger partial charge in [-0.25, -0.2) is 5.14 Å². The molecule has 6 heteroatoms. The molecule has 2 N–H and O–H groups in total. The molecule has 0 radical (unpaired) electrons. The van der Waals surface area contributed by atoms with E-state index < -0.39 is 10.3 Å². The zero-order valence-electron chi connectivity index (χ0n) is 16.3. The van der Waals surface area contributed by atoms with Crippen molar-refractivity contribution in [2.24, 2.45) is 38.6 Å². The van der Waals surface area contributed by atoms with E-state index in [0.717, 1.165) is 51.4 Å². The molecule has 4 aliphatic rings. The molecule has 4 aliphatic carbocycles. The number of carbonyl (C=O) groups is 1. The fourth-order valence-corrected chi connectivity index (χ4v) is 8.46. The van der Waals surface area contributed by atoms with E-state index in [1.54, 1.807) is 0 Å². The molecule has 0 aliphatic heterocycles. The molecule has 0 aromatic carbocycles. The van der Waals surface area contributed by atoms with Gasteiger partial charge in [-0.05, 0) is 73.0 Å². The first kappa shape index (κ1) is 18.9. The molecule has 6 atom stereocenters. The predicted molar refractivity (Wildman–Crippen MR) is 99.4 cm³/mol. The fourth-order valence-electron chi connectivity index (χ4n) is 8.03. The number of rotatable bonds is 3. The van der Waals surface area contributed by atoms with Crippen molar-refractivity contribution >= 4 is 16.1 Å². The number of carbonyl (C=O) groups excluding carboxylic acids is 1. The molecule has 5 nitrogen and oxygen atoms in total. The van der Waals surface area contributed by atoms with E-state index in [-0.39, 0.29) is 28.3 Å². The van der Waals surface area contributed by atoms with Crippen LogP contribution < -0.4 is 5.14 Å². The summed E-state index contributed by atoms with van der Waals surface area (Å²) < 4.78 is 27.8. The minimum absolute atomic E-state index is 0.0889. The van der Waals surface area contributed by atoms with Crippen LogP contribution in [0.1, 0.15) is 78.6 Å². The Labute approximate surface area is 157 Å². The van der Waals surface area contributed by atoms with Gasteiger partial charge in [0.15, 0.2) is 0 Å². The summed E-state index contributed by atoms with van der Waals surface area (Å²) in [5.74, 6) is 1.49. The lowest BCUT2D eigenvalue weighted by Gasteiger charge is -2.64. The average Bonchev–Trinajstić information content (AvgIpc) is 2.69. The van der Waals surface area contributed by atoms with Crippen LogP contribution in [0.15, 0.2) is 0 Å². The van der Waals surface area contributed by atoms with E-state index in [2.05, 4.69) is 20.8 Å². The summed E-state index contributed by atoms with van der Waals surface area (Å²) in [6.45, 7) is 6.97. The first-order valence-corrected chi connectivity index (χ1v) is 11.6. The maximum absolute atomic E-state index is 12.7. The summed E-state index contributed by atoms with van der Waals surface area (Å²) in [7, 11) is -3.91. The zero-order chi connectivity index (χ0) is 19.0. The van der Waals surface area contributed by atoms with Gasteiger partial charge in [-0.3, -0.25) is 8.98 Å². The quantitative estimate of drug-likeness (QED) is 0.807. The minimum atomic E-state index is -3.91. The van der Waals surface area contributed by atoms with Gasteiger partial charge in [-0.2, -0.15) is 8.42 Å². The van der Waals surface area contributed by atoms with Crippen molar-refractivity contribution in [2.75, 3.05) is 6.61 Å². The second-order valence-corrected chi connectivity index (χ2v) is 11.9. The molecule has 148 valence electrons. The monoisotopic (exact) mass is 383 g/mol. The highest BCUT2D eigenvalue weighted by Crippen LogP contribution is 2.72. The van der Waals surface area contributed by atoms with E-state index in [4.69, 9.17) is 9.32 Å². The molecule has 0 aromatic heterocycles. The van der Waals surface area contributed by atoms with Gasteiger partial charge in [-0.15, -0.1) is 0 Å². The van der Waals surface area contributed by atoms with E-state index in [1.807, 2.05) is 0 Å². The summed E-state index contributed by atoms with van der Waals surface area (Å²) in [6.07, 6.45) is 9.42. The van der Waals surface area contributed by atoms with Gasteiger partial charge in [0.2, 0.25) is 0 Å². The fraction of sp³-hybridized carbons (Fsp3) is 0.950. The molecule has 0 heterocycles. The van der Waals surface area contributed by atoms with E-state index >= 15 is 0 Å². The van der Waals surface area contributed by atoms with Gasteiger partial charge in [0.1, 0.15) is 5.78 Å². The van der Waals surface area contributed by atoms with Crippen molar-refractivity contribution < 1.29 is 17.4 Å². The van der Waals surface area contributed by atoms with Crippen LogP contribution in [0.4, 0.5) is 0 Å². The topological polar surface area (TPSA) is 86.5 Å². The van der Waals surface area contributed by atoms with Crippen LogP contribution in [-0.4, -0.2) is 20.8 Å². The third-order valence-electron chi connectivity index (χ3n) is 9.03. The highest BCUT2D eigenvalue weighted by Gasteiger charge is 2.67. The standard InChI is InChI=1S/C20H33NO4S/c1-17-9-5-15-19(3)8-4-7-18(2,13-25-26(21,23)24)14(19)6-10-20(15,12-17)11-16(17)22/h14-15H,4-13H2,1-3H3,(H2,21,23,24)/t14-,15+,17+,18?,19-,20-/m0/s1. The summed E-state index contributed by atoms with van der Waals surface area (Å²) in [6, 6.07) is 0. The van der Waals surface area contributed by atoms with Crippen molar-refractivity contribution in [1.29, 1.82) is 0 Å². The van der Waals surface area contributed by atoms with Crippen molar-refractivity contribution in [1.82, 2.24) is 0 Å². The van der Waals surface area contributed by atoms with Gasteiger partial charge < -0.3 is 0 Å². The Morgan fingerprint density at radius 1 is 1.08 bits per heavy atom. The third-order valence-corrected chi connectivity index (χ3v) is 9.48. The number of hydrogen-bond donors (Lipinski definition) is 1.